The smallest absolute Gasteiger partial charge is 0.116 e. The van der Waals surface area contributed by atoms with Gasteiger partial charge in [-0.2, -0.15) is 0 Å². The van der Waals surface area contributed by atoms with Crippen molar-refractivity contribution in [3.63, 3.8) is 0 Å². The Morgan fingerprint density at radius 1 is 0.875 bits per heavy atom. The summed E-state index contributed by atoms with van der Waals surface area (Å²) >= 11 is 0. The van der Waals surface area contributed by atoms with E-state index in [1.165, 1.54) is 11.1 Å². The van der Waals surface area contributed by atoms with E-state index in [4.69, 9.17) is 0 Å². The van der Waals surface area contributed by atoms with Crippen LogP contribution in [0.25, 0.3) is 32.8 Å². The molecule has 3 nitrogen and oxygen atoms in total. The fourth-order valence-electron chi connectivity index (χ4n) is 3.58. The average Bonchev–Trinajstić information content (AvgIpc) is 2.94. The second-order valence-electron chi connectivity index (χ2n) is 6.60. The molecule has 0 aliphatic carbocycles. The lowest BCUT2D eigenvalue weighted by molar-refractivity contribution is 0.442. The Morgan fingerprint density at radius 2 is 1.75 bits per heavy atom. The number of aromatic hydroxyl groups is 1. The Hall–Kier alpha value is -2.78. The molecule has 1 aliphatic rings. The lowest BCUT2D eigenvalue weighted by Crippen LogP contribution is -2.40. The van der Waals surface area contributed by atoms with Crippen molar-refractivity contribution in [1.29, 1.82) is 0 Å². The van der Waals surface area contributed by atoms with Crippen LogP contribution < -0.4 is 5.32 Å². The van der Waals surface area contributed by atoms with Gasteiger partial charge in [0.15, 0.2) is 0 Å². The maximum atomic E-state index is 10.1. The van der Waals surface area contributed by atoms with E-state index in [-0.39, 0.29) is 0 Å². The number of benzene rings is 3. The first kappa shape index (κ1) is 13.6. The van der Waals surface area contributed by atoms with E-state index in [1.807, 2.05) is 30.3 Å². The Labute approximate surface area is 139 Å². The van der Waals surface area contributed by atoms with Crippen LogP contribution in [0.3, 0.4) is 0 Å². The molecule has 5 rings (SSSR count). The van der Waals surface area contributed by atoms with Crippen molar-refractivity contribution in [2.45, 2.75) is 5.92 Å². The lowest BCUT2D eigenvalue weighted by atomic mass is 9.97. The first-order chi connectivity index (χ1) is 11.8. The summed E-state index contributed by atoms with van der Waals surface area (Å²) in [4.78, 5) is 3.57. The first-order valence-corrected chi connectivity index (χ1v) is 8.33. The molecular formula is C21H18N2O. The van der Waals surface area contributed by atoms with Crippen LogP contribution >= 0.6 is 0 Å². The first-order valence-electron chi connectivity index (χ1n) is 8.33. The fraction of sp³-hybridized carbons (Fsp3) is 0.143. The molecule has 0 bridgehead atoms. The predicted molar refractivity (Wildman–Crippen MR) is 98.5 cm³/mol. The molecular weight excluding hydrogens is 296 g/mol. The predicted octanol–water partition coefficient (Wildman–Crippen LogP) is 4.38. The number of rotatable bonds is 2. The highest BCUT2D eigenvalue weighted by molar-refractivity contribution is 5.99. The van der Waals surface area contributed by atoms with E-state index >= 15 is 0 Å². The summed E-state index contributed by atoms with van der Waals surface area (Å²) in [6, 6.07) is 20.6. The minimum atomic E-state index is 0.302. The van der Waals surface area contributed by atoms with E-state index in [9.17, 15) is 5.11 Å². The maximum Gasteiger partial charge on any atom is 0.116 e. The molecule has 24 heavy (non-hydrogen) atoms. The third-order valence-corrected chi connectivity index (χ3v) is 5.02. The summed E-state index contributed by atoms with van der Waals surface area (Å²) in [5, 5.41) is 16.9. The standard InChI is InChI=1S/C21H18N2O/c24-17-7-13-3-1-2-4-18(13)19(10-17)14-5-6-15-9-21(16-11-22-12-16)23-20(15)8-14/h1-10,16,22-24H,11-12H2. The van der Waals surface area contributed by atoms with E-state index < -0.39 is 0 Å². The van der Waals surface area contributed by atoms with Gasteiger partial charge in [-0.25, -0.2) is 0 Å². The van der Waals surface area contributed by atoms with Crippen molar-refractivity contribution in [2.75, 3.05) is 13.1 Å². The zero-order chi connectivity index (χ0) is 16.1. The van der Waals surface area contributed by atoms with Crippen molar-refractivity contribution >= 4 is 21.7 Å². The number of phenolic OH excluding ortho intramolecular Hbond substituents is 1. The second-order valence-corrected chi connectivity index (χ2v) is 6.60. The zero-order valence-corrected chi connectivity index (χ0v) is 13.2. The van der Waals surface area contributed by atoms with Gasteiger partial charge in [0.2, 0.25) is 0 Å². The van der Waals surface area contributed by atoms with Gasteiger partial charge in [0.05, 0.1) is 0 Å². The number of aromatic nitrogens is 1. The highest BCUT2D eigenvalue weighted by atomic mass is 16.3. The molecule has 2 heterocycles. The summed E-state index contributed by atoms with van der Waals surface area (Å²) in [5.41, 5.74) is 4.65. The quantitative estimate of drug-likeness (QED) is 0.514. The van der Waals surface area contributed by atoms with Gasteiger partial charge >= 0.3 is 0 Å². The number of hydrogen-bond donors (Lipinski definition) is 3. The SMILES string of the molecule is Oc1cc(-c2ccc3cc(C4CNC4)[nH]c3c2)c2ccccc2c1. The summed E-state index contributed by atoms with van der Waals surface area (Å²) < 4.78 is 0. The lowest BCUT2D eigenvalue weighted by Gasteiger charge is -2.25. The topological polar surface area (TPSA) is 48.0 Å². The van der Waals surface area contributed by atoms with E-state index in [0.29, 0.717) is 11.7 Å². The number of nitrogens with one attached hydrogen (secondary N) is 2. The van der Waals surface area contributed by atoms with Crippen molar-refractivity contribution in [3.8, 4) is 16.9 Å². The Kier molecular flexibility index (Phi) is 2.91. The number of phenols is 1. The normalized spacial score (nSPS) is 15.0. The third-order valence-electron chi connectivity index (χ3n) is 5.02. The molecule has 1 aliphatic heterocycles. The van der Waals surface area contributed by atoms with Crippen LogP contribution in [0.5, 0.6) is 5.75 Å². The summed E-state index contributed by atoms with van der Waals surface area (Å²) in [7, 11) is 0. The largest absolute Gasteiger partial charge is 0.508 e. The Bertz CT molecular complexity index is 1060. The highest BCUT2D eigenvalue weighted by Crippen LogP contribution is 2.34. The van der Waals surface area contributed by atoms with Crippen molar-refractivity contribution in [3.05, 3.63) is 66.4 Å². The summed E-state index contributed by atoms with van der Waals surface area (Å²) in [6.07, 6.45) is 0. The molecule has 118 valence electrons. The third kappa shape index (κ3) is 2.09. The molecule has 0 saturated carbocycles. The maximum absolute atomic E-state index is 10.1. The minimum Gasteiger partial charge on any atom is -0.508 e. The number of hydrogen-bond acceptors (Lipinski definition) is 2. The molecule has 1 fully saturated rings. The van der Waals surface area contributed by atoms with Crippen LogP contribution in [0.15, 0.2) is 60.7 Å². The van der Waals surface area contributed by atoms with Gasteiger partial charge in [-0.3, -0.25) is 0 Å². The second kappa shape index (κ2) is 5.11. The zero-order valence-electron chi connectivity index (χ0n) is 13.2. The molecule has 3 N–H and O–H groups in total. The molecule has 1 saturated heterocycles. The summed E-state index contributed by atoms with van der Waals surface area (Å²) in [5.74, 6) is 0.902. The average molecular weight is 314 g/mol. The van der Waals surface area contributed by atoms with E-state index in [1.54, 1.807) is 0 Å². The van der Waals surface area contributed by atoms with Crippen LogP contribution in [0.2, 0.25) is 0 Å². The molecule has 0 radical (unpaired) electrons. The van der Waals surface area contributed by atoms with Crippen LogP contribution in [-0.4, -0.2) is 23.2 Å². The van der Waals surface area contributed by atoms with Crippen molar-refractivity contribution < 1.29 is 5.11 Å². The summed E-state index contributed by atoms with van der Waals surface area (Å²) in [6.45, 7) is 2.10. The Morgan fingerprint density at radius 3 is 2.58 bits per heavy atom. The molecule has 0 atom stereocenters. The Balaban J connectivity index is 1.68. The molecule has 1 aromatic heterocycles. The van der Waals surface area contributed by atoms with Crippen LogP contribution in [0.1, 0.15) is 11.6 Å². The van der Waals surface area contributed by atoms with E-state index in [2.05, 4.69) is 40.6 Å². The molecule has 0 amide bonds. The van der Waals surface area contributed by atoms with Crippen molar-refractivity contribution in [1.82, 2.24) is 10.3 Å². The monoisotopic (exact) mass is 314 g/mol. The van der Waals surface area contributed by atoms with Gasteiger partial charge in [-0.05, 0) is 51.6 Å². The van der Waals surface area contributed by atoms with Crippen LogP contribution in [0.4, 0.5) is 0 Å². The number of fused-ring (bicyclic) bond motifs is 2. The molecule has 0 spiro atoms. The van der Waals surface area contributed by atoms with Gasteiger partial charge in [-0.1, -0.05) is 36.4 Å². The number of H-pyrrole nitrogens is 1. The van der Waals surface area contributed by atoms with Gasteiger partial charge in [0.25, 0.3) is 0 Å². The molecule has 3 aromatic carbocycles. The van der Waals surface area contributed by atoms with Gasteiger partial charge in [0.1, 0.15) is 5.75 Å². The van der Waals surface area contributed by atoms with Gasteiger partial charge in [-0.15, -0.1) is 0 Å². The van der Waals surface area contributed by atoms with Gasteiger partial charge < -0.3 is 15.4 Å². The van der Waals surface area contributed by atoms with Gasteiger partial charge in [0, 0.05) is 30.2 Å². The molecule has 4 aromatic rings. The minimum absolute atomic E-state index is 0.302. The van der Waals surface area contributed by atoms with E-state index in [0.717, 1.165) is 40.5 Å². The fourth-order valence-corrected chi connectivity index (χ4v) is 3.58. The van der Waals surface area contributed by atoms with Crippen LogP contribution in [0, 0.1) is 0 Å². The number of aromatic amines is 1. The van der Waals surface area contributed by atoms with Crippen LogP contribution in [-0.2, 0) is 0 Å². The van der Waals surface area contributed by atoms with Crippen molar-refractivity contribution in [2.24, 2.45) is 0 Å². The molecule has 3 heteroatoms. The highest BCUT2D eigenvalue weighted by Gasteiger charge is 2.20. The molecule has 0 unspecified atom stereocenters.